The summed E-state index contributed by atoms with van der Waals surface area (Å²) in [6.07, 6.45) is 3.59. The molecule has 0 aliphatic rings. The van der Waals surface area contributed by atoms with Crippen LogP contribution in [0.1, 0.15) is 59.3 Å². The quantitative estimate of drug-likeness (QED) is 0.201. The molecule has 0 aliphatic carbocycles. The molecular weight excluding hydrogens is 354 g/mol. The summed E-state index contributed by atoms with van der Waals surface area (Å²) < 4.78 is 31.2. The highest BCUT2D eigenvalue weighted by molar-refractivity contribution is 7.85. The van der Waals surface area contributed by atoms with Crippen molar-refractivity contribution in [1.82, 2.24) is 0 Å². The van der Waals surface area contributed by atoms with E-state index >= 15 is 0 Å². The fourth-order valence-corrected chi connectivity index (χ4v) is 3.44. The first-order chi connectivity index (χ1) is 11.9. The van der Waals surface area contributed by atoms with Gasteiger partial charge in [0.05, 0.1) is 32.4 Å². The minimum absolute atomic E-state index is 0.0386. The molecule has 0 aromatic heterocycles. The number of hydrogen-bond acceptors (Lipinski definition) is 4. The van der Waals surface area contributed by atoms with E-state index in [9.17, 15) is 18.0 Å². The number of ketones is 2. The fourth-order valence-electron chi connectivity index (χ4n) is 2.87. The summed E-state index contributed by atoms with van der Waals surface area (Å²) in [6, 6.07) is 0. The second-order valence-corrected chi connectivity index (χ2v) is 9.39. The zero-order valence-corrected chi connectivity index (χ0v) is 17.6. The van der Waals surface area contributed by atoms with Crippen molar-refractivity contribution in [1.29, 1.82) is 0 Å². The first-order valence-corrected chi connectivity index (χ1v) is 11.0. The SMILES string of the molecule is C=C(C)C(=O)CCC[N+](C)(CCCCS(=O)(=O)O)CCCC(=O)C(C)C. The Morgan fingerprint density at radius 1 is 1.00 bits per heavy atom. The monoisotopic (exact) mass is 390 g/mol. The number of unbranched alkanes of at least 4 members (excludes halogenated alkanes) is 1. The molecule has 0 bridgehead atoms. The van der Waals surface area contributed by atoms with Crippen LogP contribution in [0.5, 0.6) is 0 Å². The molecule has 0 amide bonds. The van der Waals surface area contributed by atoms with E-state index < -0.39 is 10.1 Å². The van der Waals surface area contributed by atoms with Crippen LogP contribution in [0.25, 0.3) is 0 Å². The molecule has 6 nitrogen and oxygen atoms in total. The van der Waals surface area contributed by atoms with Gasteiger partial charge in [0.1, 0.15) is 5.78 Å². The molecule has 1 unspecified atom stereocenters. The number of carbonyl (C=O) groups excluding carboxylic acids is 2. The topological polar surface area (TPSA) is 88.5 Å². The smallest absolute Gasteiger partial charge is 0.264 e. The van der Waals surface area contributed by atoms with Crippen molar-refractivity contribution in [2.45, 2.75) is 59.3 Å². The Hall–Kier alpha value is -1.05. The van der Waals surface area contributed by atoms with E-state index in [-0.39, 0.29) is 23.2 Å². The van der Waals surface area contributed by atoms with Crippen molar-refractivity contribution in [3.63, 3.8) is 0 Å². The van der Waals surface area contributed by atoms with Crippen LogP contribution in [0, 0.1) is 5.92 Å². The van der Waals surface area contributed by atoms with Gasteiger partial charge in [-0.05, 0) is 25.3 Å². The van der Waals surface area contributed by atoms with Gasteiger partial charge in [-0.3, -0.25) is 14.1 Å². The van der Waals surface area contributed by atoms with Crippen LogP contribution in [-0.4, -0.2) is 61.5 Å². The third kappa shape index (κ3) is 12.3. The van der Waals surface area contributed by atoms with Crippen LogP contribution in [0.4, 0.5) is 0 Å². The largest absolute Gasteiger partial charge is 0.326 e. The van der Waals surface area contributed by atoms with Gasteiger partial charge in [0, 0.05) is 31.6 Å². The fraction of sp³-hybridized carbons (Fsp3) is 0.789. The van der Waals surface area contributed by atoms with E-state index in [0.29, 0.717) is 35.7 Å². The molecule has 1 N–H and O–H groups in total. The molecule has 0 saturated carbocycles. The average Bonchev–Trinajstić information content (AvgIpc) is 2.50. The Morgan fingerprint density at radius 3 is 1.96 bits per heavy atom. The lowest BCUT2D eigenvalue weighted by atomic mass is 10.0. The molecule has 152 valence electrons. The number of nitrogens with zero attached hydrogens (tertiary/aromatic N) is 1. The molecular formula is C19H36NO5S+. The third-order valence-electron chi connectivity index (χ3n) is 4.69. The van der Waals surface area contributed by atoms with Crippen molar-refractivity contribution in [2.75, 3.05) is 32.4 Å². The number of quaternary nitrogens is 1. The highest BCUT2D eigenvalue weighted by Crippen LogP contribution is 2.14. The van der Waals surface area contributed by atoms with E-state index in [1.54, 1.807) is 6.92 Å². The Morgan fingerprint density at radius 2 is 1.50 bits per heavy atom. The second-order valence-electron chi connectivity index (χ2n) is 7.82. The standard InChI is InChI=1S/C19H35NO5S/c1-16(2)18(21)10-8-13-20(5,12-6-7-15-26(23,24)25)14-9-11-19(22)17(3)4/h17H,1,6-15H2,2-5H3/p+1. The first-order valence-electron chi connectivity index (χ1n) is 9.36. The Bertz CT molecular complexity index is 583. The Balaban J connectivity index is 4.60. The lowest BCUT2D eigenvalue weighted by Crippen LogP contribution is -2.46. The first kappa shape index (κ1) is 24.9. The van der Waals surface area contributed by atoms with Crippen molar-refractivity contribution >= 4 is 21.7 Å². The van der Waals surface area contributed by atoms with Crippen LogP contribution >= 0.6 is 0 Å². The van der Waals surface area contributed by atoms with Gasteiger partial charge in [-0.1, -0.05) is 20.4 Å². The lowest BCUT2D eigenvalue weighted by molar-refractivity contribution is -0.910. The van der Waals surface area contributed by atoms with E-state index in [4.69, 9.17) is 4.55 Å². The maximum atomic E-state index is 11.8. The third-order valence-corrected chi connectivity index (χ3v) is 5.50. The van der Waals surface area contributed by atoms with E-state index in [2.05, 4.69) is 13.6 Å². The molecule has 0 heterocycles. The van der Waals surface area contributed by atoms with Crippen molar-refractivity contribution in [2.24, 2.45) is 5.92 Å². The van der Waals surface area contributed by atoms with Gasteiger partial charge in [0.2, 0.25) is 0 Å². The zero-order chi connectivity index (χ0) is 20.4. The molecule has 0 aliphatic heterocycles. The summed E-state index contributed by atoms with van der Waals surface area (Å²) in [6.45, 7) is 11.5. The van der Waals surface area contributed by atoms with Crippen LogP contribution in [0.3, 0.4) is 0 Å². The molecule has 0 aromatic carbocycles. The molecule has 0 spiro atoms. The summed E-state index contributed by atoms with van der Waals surface area (Å²) in [5, 5.41) is 0. The molecule has 0 fully saturated rings. The maximum Gasteiger partial charge on any atom is 0.264 e. The van der Waals surface area contributed by atoms with Crippen LogP contribution < -0.4 is 0 Å². The predicted molar refractivity (Wildman–Crippen MR) is 105 cm³/mol. The molecule has 26 heavy (non-hydrogen) atoms. The van der Waals surface area contributed by atoms with E-state index in [0.717, 1.165) is 32.5 Å². The number of rotatable bonds is 15. The summed E-state index contributed by atoms with van der Waals surface area (Å²) in [5.74, 6) is 0.127. The number of allylic oxidation sites excluding steroid dienone is 1. The van der Waals surface area contributed by atoms with Gasteiger partial charge < -0.3 is 4.48 Å². The van der Waals surface area contributed by atoms with Crippen LogP contribution in [-0.2, 0) is 19.7 Å². The lowest BCUT2D eigenvalue weighted by Gasteiger charge is -2.35. The minimum atomic E-state index is -3.92. The van der Waals surface area contributed by atoms with Crippen LogP contribution in [0.2, 0.25) is 0 Å². The van der Waals surface area contributed by atoms with Crippen LogP contribution in [0.15, 0.2) is 12.2 Å². The van der Waals surface area contributed by atoms with Gasteiger partial charge in [-0.15, -0.1) is 0 Å². The molecule has 0 aromatic rings. The summed E-state index contributed by atoms with van der Waals surface area (Å²) >= 11 is 0. The number of Topliss-reactive ketones (excluding diaryl/α,β-unsaturated/α-hetero) is 2. The molecule has 0 saturated heterocycles. The van der Waals surface area contributed by atoms with Gasteiger partial charge >= 0.3 is 0 Å². The summed E-state index contributed by atoms with van der Waals surface area (Å²) in [4.78, 5) is 23.6. The van der Waals surface area contributed by atoms with Gasteiger partial charge in [-0.25, -0.2) is 0 Å². The average molecular weight is 391 g/mol. The minimum Gasteiger partial charge on any atom is -0.326 e. The molecule has 7 heteroatoms. The summed E-state index contributed by atoms with van der Waals surface area (Å²) in [7, 11) is -1.84. The normalized spacial score (nSPS) is 14.2. The zero-order valence-electron chi connectivity index (χ0n) is 16.8. The Kier molecular flexibility index (Phi) is 11.1. The number of hydrogen-bond donors (Lipinski definition) is 1. The number of carbonyl (C=O) groups is 2. The molecule has 0 radical (unpaired) electrons. The van der Waals surface area contributed by atoms with Crippen molar-refractivity contribution in [3.05, 3.63) is 12.2 Å². The van der Waals surface area contributed by atoms with Crippen molar-refractivity contribution < 1.29 is 27.0 Å². The predicted octanol–water partition coefficient (Wildman–Crippen LogP) is 3.03. The van der Waals surface area contributed by atoms with E-state index in [1.165, 1.54) is 0 Å². The van der Waals surface area contributed by atoms with Gasteiger partial charge in [0.15, 0.2) is 5.78 Å². The highest BCUT2D eigenvalue weighted by Gasteiger charge is 2.22. The Labute approximate surface area is 159 Å². The highest BCUT2D eigenvalue weighted by atomic mass is 32.2. The van der Waals surface area contributed by atoms with Gasteiger partial charge in [-0.2, -0.15) is 8.42 Å². The van der Waals surface area contributed by atoms with Crippen molar-refractivity contribution in [3.8, 4) is 0 Å². The van der Waals surface area contributed by atoms with Gasteiger partial charge in [0.25, 0.3) is 10.1 Å². The summed E-state index contributed by atoms with van der Waals surface area (Å²) in [5.41, 5.74) is 0.565. The van der Waals surface area contributed by atoms with E-state index in [1.807, 2.05) is 13.8 Å². The maximum absolute atomic E-state index is 11.8. The molecule has 0 rings (SSSR count). The second kappa shape index (κ2) is 11.6. The molecule has 1 atom stereocenters.